The van der Waals surface area contributed by atoms with Crippen molar-refractivity contribution in [2.24, 2.45) is 5.73 Å². The number of ether oxygens (including phenoxy) is 4. The highest BCUT2D eigenvalue weighted by Gasteiger charge is 2.06. The SMILES string of the molecule is COc1cc(C=Cc2ccc(OC(=O)OCCNC(=O)CN)cc2)cc(OC)c1. The molecule has 3 N–H and O–H groups in total. The van der Waals surface area contributed by atoms with Crippen LogP contribution in [0.4, 0.5) is 4.79 Å². The molecule has 0 aliphatic rings. The van der Waals surface area contributed by atoms with Crippen LogP contribution in [0.2, 0.25) is 0 Å². The van der Waals surface area contributed by atoms with Crippen LogP contribution in [0.1, 0.15) is 11.1 Å². The largest absolute Gasteiger partial charge is 0.513 e. The number of rotatable bonds is 9. The topological polar surface area (TPSA) is 109 Å². The molecule has 154 valence electrons. The summed E-state index contributed by atoms with van der Waals surface area (Å²) < 4.78 is 20.4. The molecule has 2 aromatic rings. The summed E-state index contributed by atoms with van der Waals surface area (Å²) in [6, 6.07) is 12.5. The van der Waals surface area contributed by atoms with E-state index in [2.05, 4.69) is 5.32 Å². The van der Waals surface area contributed by atoms with Crippen LogP contribution in [-0.2, 0) is 9.53 Å². The van der Waals surface area contributed by atoms with Crippen molar-refractivity contribution in [2.75, 3.05) is 33.9 Å². The Morgan fingerprint density at radius 2 is 1.55 bits per heavy atom. The number of carbonyl (C=O) groups is 2. The van der Waals surface area contributed by atoms with Crippen LogP contribution >= 0.6 is 0 Å². The van der Waals surface area contributed by atoms with Gasteiger partial charge in [-0.25, -0.2) is 4.79 Å². The molecule has 0 saturated heterocycles. The molecular weight excluding hydrogens is 376 g/mol. The van der Waals surface area contributed by atoms with E-state index in [-0.39, 0.29) is 25.6 Å². The van der Waals surface area contributed by atoms with Gasteiger partial charge in [0.15, 0.2) is 0 Å². The van der Waals surface area contributed by atoms with E-state index in [1.54, 1.807) is 44.6 Å². The first kappa shape index (κ1) is 21.8. The number of nitrogens with two attached hydrogens (primary N) is 1. The van der Waals surface area contributed by atoms with Crippen molar-refractivity contribution < 1.29 is 28.5 Å². The summed E-state index contributed by atoms with van der Waals surface area (Å²) in [5.74, 6) is 1.43. The summed E-state index contributed by atoms with van der Waals surface area (Å²) in [7, 11) is 3.20. The van der Waals surface area contributed by atoms with Crippen molar-refractivity contribution in [2.45, 2.75) is 0 Å². The summed E-state index contributed by atoms with van der Waals surface area (Å²) in [5.41, 5.74) is 6.99. The quantitative estimate of drug-likeness (QED) is 0.288. The number of hydrogen-bond acceptors (Lipinski definition) is 7. The average Bonchev–Trinajstić information content (AvgIpc) is 2.75. The lowest BCUT2D eigenvalue weighted by atomic mass is 10.1. The van der Waals surface area contributed by atoms with Gasteiger partial charge in [-0.05, 0) is 35.4 Å². The fraction of sp³-hybridized carbons (Fsp3) is 0.238. The van der Waals surface area contributed by atoms with E-state index in [4.69, 9.17) is 24.7 Å². The second-order valence-corrected chi connectivity index (χ2v) is 5.80. The van der Waals surface area contributed by atoms with Crippen molar-refractivity contribution >= 4 is 24.2 Å². The van der Waals surface area contributed by atoms with Gasteiger partial charge < -0.3 is 30.0 Å². The van der Waals surface area contributed by atoms with Gasteiger partial charge in [0.25, 0.3) is 0 Å². The summed E-state index contributed by atoms with van der Waals surface area (Å²) in [4.78, 5) is 22.6. The first-order chi connectivity index (χ1) is 14.0. The van der Waals surface area contributed by atoms with Crippen molar-refractivity contribution in [3.05, 3.63) is 53.6 Å². The molecule has 1 amide bonds. The number of carbonyl (C=O) groups excluding carboxylic acids is 2. The fourth-order valence-electron chi connectivity index (χ4n) is 2.29. The van der Waals surface area contributed by atoms with E-state index >= 15 is 0 Å². The maximum atomic E-state index is 11.6. The summed E-state index contributed by atoms with van der Waals surface area (Å²) in [5, 5.41) is 2.48. The minimum Gasteiger partial charge on any atom is -0.497 e. The Kier molecular flexibility index (Phi) is 8.52. The predicted octanol–water partition coefficient (Wildman–Crippen LogP) is 2.46. The lowest BCUT2D eigenvalue weighted by Crippen LogP contribution is -2.33. The number of benzene rings is 2. The molecule has 0 saturated carbocycles. The summed E-state index contributed by atoms with van der Waals surface area (Å²) >= 11 is 0. The molecule has 0 aliphatic carbocycles. The smallest absolute Gasteiger partial charge is 0.497 e. The van der Waals surface area contributed by atoms with E-state index in [9.17, 15) is 9.59 Å². The second-order valence-electron chi connectivity index (χ2n) is 5.80. The second kappa shape index (κ2) is 11.4. The van der Waals surface area contributed by atoms with E-state index in [0.717, 1.165) is 11.1 Å². The molecule has 0 bridgehead atoms. The third-order valence-electron chi connectivity index (χ3n) is 3.75. The molecule has 8 heteroatoms. The van der Waals surface area contributed by atoms with Gasteiger partial charge in [0, 0.05) is 6.07 Å². The van der Waals surface area contributed by atoms with Crippen LogP contribution in [0.3, 0.4) is 0 Å². The van der Waals surface area contributed by atoms with Crippen LogP contribution in [0.5, 0.6) is 17.2 Å². The zero-order valence-electron chi connectivity index (χ0n) is 16.3. The van der Waals surface area contributed by atoms with Crippen molar-refractivity contribution in [3.63, 3.8) is 0 Å². The molecule has 0 radical (unpaired) electrons. The highest BCUT2D eigenvalue weighted by atomic mass is 16.7. The Bertz CT molecular complexity index is 826. The van der Waals surface area contributed by atoms with Gasteiger partial charge in [0.2, 0.25) is 5.91 Å². The fourth-order valence-corrected chi connectivity index (χ4v) is 2.29. The highest BCUT2D eigenvalue weighted by molar-refractivity contribution is 5.77. The molecule has 0 fully saturated rings. The minimum absolute atomic E-state index is 0.00457. The van der Waals surface area contributed by atoms with Crippen LogP contribution in [0.25, 0.3) is 12.2 Å². The number of hydrogen-bond donors (Lipinski definition) is 2. The third kappa shape index (κ3) is 7.55. The Balaban J connectivity index is 1.87. The van der Waals surface area contributed by atoms with Gasteiger partial charge >= 0.3 is 6.16 Å². The van der Waals surface area contributed by atoms with E-state index < -0.39 is 6.16 Å². The third-order valence-corrected chi connectivity index (χ3v) is 3.75. The van der Waals surface area contributed by atoms with Gasteiger partial charge in [-0.3, -0.25) is 4.79 Å². The standard InChI is InChI=1S/C21H24N2O6/c1-26-18-11-16(12-19(13-18)27-2)4-3-15-5-7-17(8-6-15)29-21(25)28-10-9-23-20(24)14-22/h3-8,11-13H,9-10,14,22H2,1-2H3,(H,23,24). The van der Waals surface area contributed by atoms with E-state index in [0.29, 0.717) is 17.2 Å². The number of methoxy groups -OCH3 is 2. The van der Waals surface area contributed by atoms with Gasteiger partial charge in [-0.2, -0.15) is 0 Å². The Morgan fingerprint density at radius 3 is 2.14 bits per heavy atom. The molecular formula is C21H24N2O6. The summed E-state index contributed by atoms with van der Waals surface area (Å²) in [6.45, 7) is 0.0515. The lowest BCUT2D eigenvalue weighted by molar-refractivity contribution is -0.119. The summed E-state index contributed by atoms with van der Waals surface area (Å²) in [6.07, 6.45) is 2.99. The maximum Gasteiger partial charge on any atom is 0.513 e. The van der Waals surface area contributed by atoms with Gasteiger partial charge in [-0.1, -0.05) is 24.3 Å². The van der Waals surface area contributed by atoms with Crippen molar-refractivity contribution in [1.29, 1.82) is 0 Å². The monoisotopic (exact) mass is 400 g/mol. The minimum atomic E-state index is -0.848. The van der Waals surface area contributed by atoms with Gasteiger partial charge in [-0.15, -0.1) is 0 Å². The van der Waals surface area contributed by atoms with Crippen molar-refractivity contribution in [3.8, 4) is 17.2 Å². The molecule has 8 nitrogen and oxygen atoms in total. The molecule has 0 heterocycles. The molecule has 0 spiro atoms. The Morgan fingerprint density at radius 1 is 0.931 bits per heavy atom. The van der Waals surface area contributed by atoms with Crippen LogP contribution in [-0.4, -0.2) is 46.0 Å². The molecule has 0 aromatic heterocycles. The Labute approximate surface area is 169 Å². The average molecular weight is 400 g/mol. The zero-order valence-corrected chi connectivity index (χ0v) is 16.3. The molecule has 29 heavy (non-hydrogen) atoms. The predicted molar refractivity (Wildman–Crippen MR) is 109 cm³/mol. The first-order valence-corrected chi connectivity index (χ1v) is 8.86. The van der Waals surface area contributed by atoms with E-state index in [1.807, 2.05) is 24.3 Å². The highest BCUT2D eigenvalue weighted by Crippen LogP contribution is 2.24. The maximum absolute atomic E-state index is 11.6. The van der Waals surface area contributed by atoms with Gasteiger partial charge in [0.05, 0.1) is 27.3 Å². The first-order valence-electron chi connectivity index (χ1n) is 8.86. The van der Waals surface area contributed by atoms with Crippen LogP contribution in [0.15, 0.2) is 42.5 Å². The van der Waals surface area contributed by atoms with Crippen LogP contribution in [0, 0.1) is 0 Å². The lowest BCUT2D eigenvalue weighted by Gasteiger charge is -2.07. The molecule has 2 aromatic carbocycles. The van der Waals surface area contributed by atoms with Crippen LogP contribution < -0.4 is 25.3 Å². The zero-order chi connectivity index (χ0) is 21.1. The number of nitrogens with one attached hydrogen (secondary N) is 1. The van der Waals surface area contributed by atoms with Gasteiger partial charge in [0.1, 0.15) is 23.9 Å². The van der Waals surface area contributed by atoms with E-state index in [1.165, 1.54) is 0 Å². The molecule has 2 rings (SSSR count). The molecule has 0 unspecified atom stereocenters. The molecule has 0 atom stereocenters. The normalized spacial score (nSPS) is 10.4. The van der Waals surface area contributed by atoms with Crippen molar-refractivity contribution in [1.82, 2.24) is 5.32 Å². The number of amides is 1. The molecule has 0 aliphatic heterocycles. The Hall–Kier alpha value is -3.52.